The Bertz CT molecular complexity index is 508. The lowest BCUT2D eigenvalue weighted by Gasteiger charge is -2.17. The van der Waals surface area contributed by atoms with Crippen LogP contribution in [-0.2, 0) is 7.05 Å². The SMILES string of the molecule is Cn1ncc(Br)c1C(NN)c1ncccc1Cl. The molecule has 0 aliphatic rings. The standard InChI is InChI=1S/C10H11BrClN5/c1-17-10(6(11)5-15-17)9(16-13)8-7(12)3-2-4-14-8/h2-5,9,16H,13H2,1H3. The van der Waals surface area contributed by atoms with Crippen molar-refractivity contribution >= 4 is 27.5 Å². The van der Waals surface area contributed by atoms with Gasteiger partial charge in [0.2, 0.25) is 0 Å². The van der Waals surface area contributed by atoms with Crippen LogP contribution in [0.15, 0.2) is 29.0 Å². The third kappa shape index (κ3) is 2.35. The van der Waals surface area contributed by atoms with Crippen LogP contribution >= 0.6 is 27.5 Å². The molecule has 0 aliphatic heterocycles. The Morgan fingerprint density at radius 3 is 2.88 bits per heavy atom. The van der Waals surface area contributed by atoms with Crippen LogP contribution in [0.5, 0.6) is 0 Å². The van der Waals surface area contributed by atoms with Crippen LogP contribution in [0.3, 0.4) is 0 Å². The van der Waals surface area contributed by atoms with E-state index in [1.54, 1.807) is 29.2 Å². The van der Waals surface area contributed by atoms with E-state index in [1.807, 2.05) is 7.05 Å². The molecule has 17 heavy (non-hydrogen) atoms. The van der Waals surface area contributed by atoms with Crippen LogP contribution in [0.2, 0.25) is 5.02 Å². The summed E-state index contributed by atoms with van der Waals surface area (Å²) in [5, 5.41) is 4.70. The first-order valence-electron chi connectivity index (χ1n) is 4.89. The fraction of sp³-hybridized carbons (Fsp3) is 0.200. The van der Waals surface area contributed by atoms with Crippen LogP contribution in [0.1, 0.15) is 17.4 Å². The molecule has 2 rings (SSSR count). The first kappa shape index (κ1) is 12.5. The number of hydrazine groups is 1. The van der Waals surface area contributed by atoms with Crippen LogP contribution in [0.4, 0.5) is 0 Å². The lowest BCUT2D eigenvalue weighted by molar-refractivity contribution is 0.562. The second-order valence-electron chi connectivity index (χ2n) is 3.47. The molecule has 0 aliphatic carbocycles. The molecular formula is C10H11BrClN5. The lowest BCUT2D eigenvalue weighted by Crippen LogP contribution is -2.31. The van der Waals surface area contributed by atoms with Crippen LogP contribution in [-0.4, -0.2) is 14.8 Å². The van der Waals surface area contributed by atoms with Gasteiger partial charge >= 0.3 is 0 Å². The highest BCUT2D eigenvalue weighted by molar-refractivity contribution is 9.10. The molecule has 0 bridgehead atoms. The monoisotopic (exact) mass is 315 g/mol. The molecule has 0 amide bonds. The number of nitrogens with one attached hydrogen (secondary N) is 1. The number of hydrogen-bond acceptors (Lipinski definition) is 4. The maximum atomic E-state index is 6.12. The predicted molar refractivity (Wildman–Crippen MR) is 69.3 cm³/mol. The Morgan fingerprint density at radius 2 is 2.35 bits per heavy atom. The molecule has 1 atom stereocenters. The Kier molecular flexibility index (Phi) is 3.78. The molecule has 2 aromatic rings. The number of hydrogen-bond donors (Lipinski definition) is 2. The molecule has 0 saturated carbocycles. The van der Waals surface area contributed by atoms with E-state index >= 15 is 0 Å². The maximum absolute atomic E-state index is 6.12. The average Bonchev–Trinajstić information content (AvgIpc) is 2.64. The third-order valence-electron chi connectivity index (χ3n) is 2.44. The largest absolute Gasteiger partial charge is 0.270 e. The highest BCUT2D eigenvalue weighted by Crippen LogP contribution is 2.29. The Morgan fingerprint density at radius 1 is 1.59 bits per heavy atom. The third-order valence-corrected chi connectivity index (χ3v) is 3.37. The molecular weight excluding hydrogens is 306 g/mol. The van der Waals surface area contributed by atoms with E-state index in [2.05, 4.69) is 31.4 Å². The Hall–Kier alpha value is -0.950. The van der Waals surface area contributed by atoms with Crippen LogP contribution in [0, 0.1) is 0 Å². The summed E-state index contributed by atoms with van der Waals surface area (Å²) in [6.45, 7) is 0. The minimum Gasteiger partial charge on any atom is -0.270 e. The van der Waals surface area contributed by atoms with Crippen molar-refractivity contribution in [3.63, 3.8) is 0 Å². The normalized spacial score (nSPS) is 12.7. The number of halogens is 2. The van der Waals surface area contributed by atoms with Gasteiger partial charge in [0.15, 0.2) is 0 Å². The number of rotatable bonds is 3. The molecule has 90 valence electrons. The predicted octanol–water partition coefficient (Wildman–Crippen LogP) is 1.78. The van der Waals surface area contributed by atoms with Crippen molar-refractivity contribution in [2.24, 2.45) is 12.9 Å². The van der Waals surface area contributed by atoms with Crippen LogP contribution in [0.25, 0.3) is 0 Å². The van der Waals surface area contributed by atoms with Crippen molar-refractivity contribution in [3.05, 3.63) is 45.4 Å². The van der Waals surface area contributed by atoms with E-state index in [0.29, 0.717) is 10.7 Å². The van der Waals surface area contributed by atoms with Crippen molar-refractivity contribution in [2.75, 3.05) is 0 Å². The lowest BCUT2D eigenvalue weighted by atomic mass is 10.1. The Labute approximate surface area is 112 Å². The molecule has 2 aromatic heterocycles. The van der Waals surface area contributed by atoms with Crippen molar-refractivity contribution in [1.82, 2.24) is 20.2 Å². The number of pyridine rings is 1. The van der Waals surface area contributed by atoms with Gasteiger partial charge in [0.25, 0.3) is 0 Å². The zero-order chi connectivity index (χ0) is 12.4. The molecule has 0 aromatic carbocycles. The zero-order valence-electron chi connectivity index (χ0n) is 9.06. The van der Waals surface area contributed by atoms with Gasteiger partial charge in [-0.3, -0.25) is 15.5 Å². The molecule has 1 unspecified atom stereocenters. The van der Waals surface area contributed by atoms with E-state index in [-0.39, 0.29) is 6.04 Å². The van der Waals surface area contributed by atoms with E-state index in [1.165, 1.54) is 0 Å². The summed E-state index contributed by atoms with van der Waals surface area (Å²) in [7, 11) is 1.83. The first-order valence-corrected chi connectivity index (χ1v) is 6.06. The first-order chi connectivity index (χ1) is 8.15. The number of aryl methyl sites for hydroxylation is 1. The molecule has 0 radical (unpaired) electrons. The molecule has 5 nitrogen and oxygen atoms in total. The minimum atomic E-state index is -0.314. The molecule has 3 N–H and O–H groups in total. The smallest absolute Gasteiger partial charge is 0.107 e. The van der Waals surface area contributed by atoms with E-state index in [9.17, 15) is 0 Å². The van der Waals surface area contributed by atoms with Gasteiger partial charge in [-0.2, -0.15) is 5.10 Å². The maximum Gasteiger partial charge on any atom is 0.107 e. The van der Waals surface area contributed by atoms with Crippen molar-refractivity contribution in [1.29, 1.82) is 0 Å². The van der Waals surface area contributed by atoms with Crippen molar-refractivity contribution < 1.29 is 0 Å². The highest BCUT2D eigenvalue weighted by Gasteiger charge is 2.22. The van der Waals surface area contributed by atoms with Gasteiger partial charge in [-0.25, -0.2) is 5.43 Å². The molecule has 0 fully saturated rings. The van der Waals surface area contributed by atoms with E-state index in [0.717, 1.165) is 10.2 Å². The van der Waals surface area contributed by atoms with E-state index in [4.69, 9.17) is 17.4 Å². The number of nitrogens with two attached hydrogens (primary N) is 1. The van der Waals surface area contributed by atoms with Gasteiger partial charge in [0.1, 0.15) is 6.04 Å². The number of nitrogens with zero attached hydrogens (tertiary/aromatic N) is 3. The number of aromatic nitrogens is 3. The fourth-order valence-corrected chi connectivity index (χ4v) is 2.45. The van der Waals surface area contributed by atoms with Crippen LogP contribution < -0.4 is 11.3 Å². The van der Waals surface area contributed by atoms with Gasteiger partial charge in [-0.1, -0.05) is 11.6 Å². The van der Waals surface area contributed by atoms with Gasteiger partial charge in [-0.15, -0.1) is 0 Å². The summed E-state index contributed by atoms with van der Waals surface area (Å²) < 4.78 is 2.57. The summed E-state index contributed by atoms with van der Waals surface area (Å²) in [5.41, 5.74) is 4.24. The molecule has 2 heterocycles. The summed E-state index contributed by atoms with van der Waals surface area (Å²) >= 11 is 9.55. The molecule has 0 saturated heterocycles. The van der Waals surface area contributed by atoms with Crippen molar-refractivity contribution in [2.45, 2.75) is 6.04 Å². The highest BCUT2D eigenvalue weighted by atomic mass is 79.9. The van der Waals surface area contributed by atoms with Gasteiger partial charge < -0.3 is 0 Å². The summed E-state index contributed by atoms with van der Waals surface area (Å²) in [6.07, 6.45) is 3.38. The quantitative estimate of drug-likeness (QED) is 0.669. The fourth-order valence-electron chi connectivity index (χ4n) is 1.64. The summed E-state index contributed by atoms with van der Waals surface area (Å²) in [6, 6.07) is 3.24. The zero-order valence-corrected chi connectivity index (χ0v) is 11.4. The Balaban J connectivity index is 2.52. The minimum absolute atomic E-state index is 0.314. The topological polar surface area (TPSA) is 68.8 Å². The summed E-state index contributed by atoms with van der Waals surface area (Å²) in [5.74, 6) is 5.59. The van der Waals surface area contributed by atoms with Gasteiger partial charge in [-0.05, 0) is 28.1 Å². The van der Waals surface area contributed by atoms with Gasteiger partial charge in [0.05, 0.1) is 27.1 Å². The summed E-state index contributed by atoms with van der Waals surface area (Å²) in [4.78, 5) is 4.25. The second kappa shape index (κ2) is 5.14. The van der Waals surface area contributed by atoms with E-state index < -0.39 is 0 Å². The molecule has 0 spiro atoms. The molecule has 7 heteroatoms. The average molecular weight is 317 g/mol. The van der Waals surface area contributed by atoms with Crippen molar-refractivity contribution in [3.8, 4) is 0 Å². The van der Waals surface area contributed by atoms with Gasteiger partial charge in [0, 0.05) is 13.2 Å². The second-order valence-corrected chi connectivity index (χ2v) is 4.73.